The van der Waals surface area contributed by atoms with Crippen LogP contribution in [0.15, 0.2) is 60.7 Å². The van der Waals surface area contributed by atoms with Crippen LogP contribution < -0.4 is 18.9 Å². The zero-order valence-corrected chi connectivity index (χ0v) is 26.6. The van der Waals surface area contributed by atoms with E-state index < -0.39 is 0 Å². The molecule has 1 aromatic heterocycles. The third-order valence-corrected chi connectivity index (χ3v) is 7.26. The lowest BCUT2D eigenvalue weighted by Crippen LogP contribution is -2.25. The molecule has 0 spiro atoms. The van der Waals surface area contributed by atoms with Crippen molar-refractivity contribution in [2.75, 3.05) is 32.8 Å². The smallest absolute Gasteiger partial charge is 0.169 e. The summed E-state index contributed by atoms with van der Waals surface area (Å²) in [4.78, 5) is 7.54. The van der Waals surface area contributed by atoms with Crippen LogP contribution in [0.25, 0.3) is 22.4 Å². The quantitative estimate of drug-likeness (QED) is 0.109. The number of hydrogen-bond acceptors (Lipinski definition) is 6. The molecule has 0 saturated heterocycles. The lowest BCUT2D eigenvalue weighted by molar-refractivity contribution is 0.233. The molecule has 0 saturated carbocycles. The van der Waals surface area contributed by atoms with Gasteiger partial charge in [0.15, 0.2) is 17.2 Å². The van der Waals surface area contributed by atoms with Crippen LogP contribution in [0.5, 0.6) is 28.7 Å². The number of nitrogens with zero attached hydrogens (tertiary/aromatic N) is 3. The molecule has 0 aliphatic carbocycles. The molecule has 0 aliphatic rings. The van der Waals surface area contributed by atoms with Gasteiger partial charge in [-0.2, -0.15) is 0 Å². The Labute approximate surface area is 257 Å². The minimum atomic E-state index is 0.0593. The molecule has 0 amide bonds. The van der Waals surface area contributed by atoms with Gasteiger partial charge in [0.25, 0.3) is 0 Å². The molecule has 3 aromatic carbocycles. The van der Waals surface area contributed by atoms with E-state index in [1.807, 2.05) is 56.3 Å². The summed E-state index contributed by atoms with van der Waals surface area (Å²) < 4.78 is 26.9. The molecule has 0 bridgehead atoms. The highest BCUT2D eigenvalue weighted by Crippen LogP contribution is 2.37. The van der Waals surface area contributed by atoms with Gasteiger partial charge in [0.05, 0.1) is 24.8 Å². The number of fused-ring (bicyclic) bond motifs is 1. The lowest BCUT2D eigenvalue weighted by atomic mass is 10.2. The Morgan fingerprint density at radius 1 is 0.837 bits per heavy atom. The van der Waals surface area contributed by atoms with Gasteiger partial charge in [-0.15, -0.1) is 0 Å². The first-order valence-electron chi connectivity index (χ1n) is 15.8. The third-order valence-electron chi connectivity index (χ3n) is 7.26. The van der Waals surface area contributed by atoms with Gasteiger partial charge >= 0.3 is 0 Å². The Balaban J connectivity index is 1.64. The van der Waals surface area contributed by atoms with Gasteiger partial charge < -0.3 is 28.4 Å². The summed E-state index contributed by atoms with van der Waals surface area (Å²) in [5, 5.41) is 0. The fourth-order valence-corrected chi connectivity index (χ4v) is 5.01. The minimum Gasteiger partial charge on any atom is -0.493 e. The standard InChI is InChI=1S/C36H48N3O4/c1-7-11-22-39-31-25-30(40-24-14-21-38(9-3)10-4)26-34(41-23-8-2)35(31)37-36(39)28-17-19-29(20-18-28)43-33-16-13-12-15-32(33)42-27(5)6/h12-13,15-20,25-27H,2,7-11,14,21-24H2,1,3-6H3. The van der Waals surface area contributed by atoms with Crippen LogP contribution in [0.2, 0.25) is 0 Å². The van der Waals surface area contributed by atoms with Gasteiger partial charge in [0.1, 0.15) is 22.8 Å². The summed E-state index contributed by atoms with van der Waals surface area (Å²) in [6.07, 6.45) is 3.82. The lowest BCUT2D eigenvalue weighted by Gasteiger charge is -2.18. The Kier molecular flexibility index (Phi) is 12.2. The first-order valence-corrected chi connectivity index (χ1v) is 15.8. The number of hydrogen-bond donors (Lipinski definition) is 0. The van der Waals surface area contributed by atoms with E-state index in [-0.39, 0.29) is 6.10 Å². The molecule has 7 heteroatoms. The first-order chi connectivity index (χ1) is 21.0. The number of para-hydroxylation sites is 2. The third kappa shape index (κ3) is 8.66. The molecule has 7 nitrogen and oxygen atoms in total. The van der Waals surface area contributed by atoms with E-state index >= 15 is 0 Å². The highest BCUT2D eigenvalue weighted by Gasteiger charge is 2.19. The van der Waals surface area contributed by atoms with Gasteiger partial charge in [-0.05, 0) is 89.5 Å². The largest absolute Gasteiger partial charge is 0.493 e. The van der Waals surface area contributed by atoms with Crippen LogP contribution in [-0.4, -0.2) is 53.4 Å². The van der Waals surface area contributed by atoms with Gasteiger partial charge in [0, 0.05) is 30.8 Å². The second kappa shape index (κ2) is 16.2. The molecular weight excluding hydrogens is 538 g/mol. The maximum atomic E-state index is 6.26. The zero-order valence-electron chi connectivity index (χ0n) is 26.6. The summed E-state index contributed by atoms with van der Waals surface area (Å²) >= 11 is 0. The van der Waals surface area contributed by atoms with Crippen molar-refractivity contribution in [1.29, 1.82) is 0 Å². The number of unbranched alkanes of at least 4 members (excludes halogenated alkanes) is 1. The molecule has 231 valence electrons. The summed E-state index contributed by atoms with van der Waals surface area (Å²) in [6.45, 7) is 19.7. The van der Waals surface area contributed by atoms with Crippen LogP contribution in [0.1, 0.15) is 60.3 Å². The van der Waals surface area contributed by atoms with Crippen molar-refractivity contribution in [3.63, 3.8) is 0 Å². The molecule has 0 unspecified atom stereocenters. The zero-order chi connectivity index (χ0) is 30.6. The number of benzene rings is 3. The summed E-state index contributed by atoms with van der Waals surface area (Å²) in [7, 11) is 0. The van der Waals surface area contributed by atoms with Crippen molar-refractivity contribution in [3.05, 3.63) is 67.6 Å². The fraction of sp³-hybridized carbons (Fsp3) is 0.444. The molecule has 1 radical (unpaired) electrons. The van der Waals surface area contributed by atoms with Crippen molar-refractivity contribution in [1.82, 2.24) is 14.5 Å². The average molecular weight is 587 g/mol. The van der Waals surface area contributed by atoms with Gasteiger partial charge in [0.2, 0.25) is 0 Å². The van der Waals surface area contributed by atoms with Crippen molar-refractivity contribution in [2.45, 2.75) is 73.0 Å². The minimum absolute atomic E-state index is 0.0593. The number of imidazole rings is 1. The second-order valence-electron chi connectivity index (χ2n) is 10.9. The summed E-state index contributed by atoms with van der Waals surface area (Å²) in [5.41, 5.74) is 2.87. The highest BCUT2D eigenvalue weighted by atomic mass is 16.5. The Hall–Kier alpha value is -3.71. The van der Waals surface area contributed by atoms with Crippen molar-refractivity contribution < 1.29 is 18.9 Å². The molecule has 0 aliphatic heterocycles. The van der Waals surface area contributed by atoms with Crippen molar-refractivity contribution in [3.8, 4) is 40.1 Å². The van der Waals surface area contributed by atoms with E-state index in [2.05, 4.69) is 55.4 Å². The molecule has 0 fully saturated rings. The summed E-state index contributed by atoms with van der Waals surface area (Å²) in [5.74, 6) is 4.59. The van der Waals surface area contributed by atoms with Crippen molar-refractivity contribution >= 4 is 11.0 Å². The van der Waals surface area contributed by atoms with Crippen LogP contribution in [-0.2, 0) is 6.54 Å². The van der Waals surface area contributed by atoms with E-state index in [1.165, 1.54) is 0 Å². The van der Waals surface area contributed by atoms with Crippen LogP contribution >= 0.6 is 0 Å². The number of rotatable bonds is 18. The predicted octanol–water partition coefficient (Wildman–Crippen LogP) is 8.80. The molecule has 4 aromatic rings. The monoisotopic (exact) mass is 586 g/mol. The maximum Gasteiger partial charge on any atom is 0.169 e. The Morgan fingerprint density at radius 3 is 2.26 bits per heavy atom. The number of aromatic nitrogens is 2. The van der Waals surface area contributed by atoms with Crippen LogP contribution in [0.3, 0.4) is 0 Å². The molecule has 0 N–H and O–H groups in total. The number of ether oxygens (including phenoxy) is 4. The van der Waals surface area contributed by atoms with E-state index in [0.29, 0.717) is 25.4 Å². The Bertz CT molecular complexity index is 1410. The van der Waals surface area contributed by atoms with Gasteiger partial charge in [-0.3, -0.25) is 0 Å². The Morgan fingerprint density at radius 2 is 1.58 bits per heavy atom. The van der Waals surface area contributed by atoms with E-state index in [4.69, 9.17) is 23.9 Å². The second-order valence-corrected chi connectivity index (χ2v) is 10.9. The predicted molar refractivity (Wildman–Crippen MR) is 176 cm³/mol. The number of aryl methyl sites for hydroxylation is 1. The van der Waals surface area contributed by atoms with Gasteiger partial charge in [-0.25, -0.2) is 4.98 Å². The molecule has 4 rings (SSSR count). The summed E-state index contributed by atoms with van der Waals surface area (Å²) in [6, 6.07) is 19.9. The fourth-order valence-electron chi connectivity index (χ4n) is 5.01. The van der Waals surface area contributed by atoms with Crippen LogP contribution in [0, 0.1) is 6.92 Å². The highest BCUT2D eigenvalue weighted by molar-refractivity contribution is 5.87. The average Bonchev–Trinajstić information content (AvgIpc) is 3.38. The van der Waals surface area contributed by atoms with E-state index in [1.54, 1.807) is 0 Å². The maximum absolute atomic E-state index is 6.26. The first kappa shape index (κ1) is 32.2. The van der Waals surface area contributed by atoms with E-state index in [0.717, 1.165) is 90.9 Å². The molecule has 0 atom stereocenters. The van der Waals surface area contributed by atoms with E-state index in [9.17, 15) is 0 Å². The SMILES string of the molecule is [CH2]CCOc1cc(OCCCN(CC)CC)cc2c1nc(-c1ccc(Oc3ccccc3OC(C)C)cc1)n2CCCC. The van der Waals surface area contributed by atoms with Gasteiger partial charge in [-0.1, -0.05) is 39.3 Å². The molecule has 1 heterocycles. The normalized spacial score (nSPS) is 11.4. The molecule has 43 heavy (non-hydrogen) atoms. The topological polar surface area (TPSA) is 58.0 Å². The van der Waals surface area contributed by atoms with Crippen molar-refractivity contribution in [2.24, 2.45) is 0 Å². The van der Waals surface area contributed by atoms with Crippen LogP contribution in [0.4, 0.5) is 0 Å². The molecular formula is C36H48N3O4.